The third kappa shape index (κ3) is 5.78. The molecule has 1 fully saturated rings. The molecule has 0 aliphatic carbocycles. The van der Waals surface area contributed by atoms with Gasteiger partial charge in [0.2, 0.25) is 0 Å². The van der Waals surface area contributed by atoms with Crippen molar-refractivity contribution in [1.29, 1.82) is 0 Å². The van der Waals surface area contributed by atoms with Gasteiger partial charge in [0.15, 0.2) is 0 Å². The summed E-state index contributed by atoms with van der Waals surface area (Å²) in [5, 5.41) is 0. The van der Waals surface area contributed by atoms with Crippen molar-refractivity contribution in [2.45, 2.75) is 47.5 Å². The number of hydrogen-bond donors (Lipinski definition) is 0. The Morgan fingerprint density at radius 3 is 2.53 bits per heavy atom. The zero-order chi connectivity index (χ0) is 14.4. The maximum atomic E-state index is 3.99. The molecule has 0 aromatic heterocycles. The fraction of sp³-hybridized carbons (Fsp3) is 0.667. The lowest BCUT2D eigenvalue weighted by atomic mass is 9.97. The van der Waals surface area contributed by atoms with Crippen LogP contribution in [0.5, 0.6) is 0 Å². The normalized spacial score (nSPS) is 21.5. The van der Waals surface area contributed by atoms with Crippen LogP contribution in [0.15, 0.2) is 35.5 Å². The van der Waals surface area contributed by atoms with Crippen LogP contribution in [0.4, 0.5) is 0 Å². The van der Waals surface area contributed by atoms with Gasteiger partial charge in [-0.25, -0.2) is 0 Å². The fourth-order valence-corrected chi connectivity index (χ4v) is 3.03. The number of likely N-dealkylation sites (tertiary alicyclic amines) is 1. The van der Waals surface area contributed by atoms with Crippen LogP contribution in [0.1, 0.15) is 47.5 Å². The summed E-state index contributed by atoms with van der Waals surface area (Å²) in [4.78, 5) is 2.59. The van der Waals surface area contributed by atoms with E-state index in [1.165, 1.54) is 42.7 Å². The first-order chi connectivity index (χ1) is 8.92. The van der Waals surface area contributed by atoms with Gasteiger partial charge < -0.3 is 0 Å². The van der Waals surface area contributed by atoms with Gasteiger partial charge in [0, 0.05) is 13.1 Å². The summed E-state index contributed by atoms with van der Waals surface area (Å²) in [5.74, 6) is 1.72. The second-order valence-electron chi connectivity index (χ2n) is 6.65. The highest BCUT2D eigenvalue weighted by Crippen LogP contribution is 2.24. The van der Waals surface area contributed by atoms with Gasteiger partial charge in [0.05, 0.1) is 0 Å². The quantitative estimate of drug-likeness (QED) is 0.619. The lowest BCUT2D eigenvalue weighted by Gasteiger charge is -2.18. The maximum absolute atomic E-state index is 3.99. The molecule has 0 N–H and O–H groups in total. The molecule has 0 amide bonds. The third-order valence-corrected chi connectivity index (χ3v) is 3.83. The molecule has 1 atom stereocenters. The smallest absolute Gasteiger partial charge is 0.0236 e. The Labute approximate surface area is 120 Å². The molecule has 1 rings (SSSR count). The molecule has 0 radical (unpaired) electrons. The molecule has 0 aromatic rings. The van der Waals surface area contributed by atoms with E-state index >= 15 is 0 Å². The number of hydrogen-bond acceptors (Lipinski definition) is 1. The maximum Gasteiger partial charge on any atom is 0.0236 e. The highest BCUT2D eigenvalue weighted by atomic mass is 15.1. The summed E-state index contributed by atoms with van der Waals surface area (Å²) in [6, 6.07) is 0. The first kappa shape index (κ1) is 16.2. The van der Waals surface area contributed by atoms with Crippen LogP contribution in [0, 0.1) is 11.8 Å². The fourth-order valence-electron chi connectivity index (χ4n) is 3.03. The predicted octanol–water partition coefficient (Wildman–Crippen LogP) is 4.82. The van der Waals surface area contributed by atoms with E-state index in [-0.39, 0.29) is 0 Å². The largest absolute Gasteiger partial charge is 0.299 e. The van der Waals surface area contributed by atoms with Gasteiger partial charge in [-0.1, -0.05) is 38.2 Å². The molecule has 1 heterocycles. The Morgan fingerprint density at radius 2 is 2.00 bits per heavy atom. The lowest BCUT2D eigenvalue weighted by molar-refractivity contribution is 0.336. The van der Waals surface area contributed by atoms with Crippen molar-refractivity contribution < 1.29 is 0 Å². The Kier molecular flexibility index (Phi) is 6.57. The topological polar surface area (TPSA) is 3.24 Å². The first-order valence-corrected chi connectivity index (χ1v) is 7.61. The lowest BCUT2D eigenvalue weighted by Crippen LogP contribution is -2.23. The standard InChI is InChI=1S/C18H31N/c1-7-18(16(6)10-14(2)3)13-19-9-8-17(12-19)11-15(4)5/h7,10,15,17H,1,8-9,11-13H2,2-6H3. The zero-order valence-corrected chi connectivity index (χ0v) is 13.5. The van der Waals surface area contributed by atoms with E-state index in [9.17, 15) is 0 Å². The van der Waals surface area contributed by atoms with E-state index in [1.54, 1.807) is 0 Å². The van der Waals surface area contributed by atoms with Gasteiger partial charge in [-0.05, 0) is 63.1 Å². The van der Waals surface area contributed by atoms with E-state index < -0.39 is 0 Å². The minimum Gasteiger partial charge on any atom is -0.299 e. The second-order valence-corrected chi connectivity index (χ2v) is 6.65. The van der Waals surface area contributed by atoms with Crippen molar-refractivity contribution in [1.82, 2.24) is 4.90 Å². The predicted molar refractivity (Wildman–Crippen MR) is 86.3 cm³/mol. The van der Waals surface area contributed by atoms with E-state index in [0.717, 1.165) is 18.4 Å². The van der Waals surface area contributed by atoms with Crippen LogP contribution in [0.2, 0.25) is 0 Å². The van der Waals surface area contributed by atoms with E-state index in [0.29, 0.717) is 0 Å². The summed E-state index contributed by atoms with van der Waals surface area (Å²) in [5.41, 5.74) is 4.10. The minimum absolute atomic E-state index is 0.826. The summed E-state index contributed by atoms with van der Waals surface area (Å²) < 4.78 is 0. The van der Waals surface area contributed by atoms with E-state index in [4.69, 9.17) is 0 Å². The SMILES string of the molecule is C=CC(CN1CCC(CC(C)C)C1)=C(C)C=C(C)C. The summed E-state index contributed by atoms with van der Waals surface area (Å²) >= 11 is 0. The Bertz CT molecular complexity index is 356. The monoisotopic (exact) mass is 261 g/mol. The molecule has 0 spiro atoms. The molecule has 1 aliphatic rings. The van der Waals surface area contributed by atoms with Gasteiger partial charge in [-0.3, -0.25) is 4.90 Å². The molecule has 1 aliphatic heterocycles. The summed E-state index contributed by atoms with van der Waals surface area (Å²) in [7, 11) is 0. The summed E-state index contributed by atoms with van der Waals surface area (Å²) in [6.45, 7) is 18.7. The Hall–Kier alpha value is -0.820. The molecule has 1 saturated heterocycles. The van der Waals surface area contributed by atoms with Crippen molar-refractivity contribution in [2.24, 2.45) is 11.8 Å². The molecular formula is C18H31N. The van der Waals surface area contributed by atoms with Crippen LogP contribution in [-0.2, 0) is 0 Å². The van der Waals surface area contributed by atoms with Crippen LogP contribution in [0.25, 0.3) is 0 Å². The Balaban J connectivity index is 2.59. The number of nitrogens with zero attached hydrogens (tertiary/aromatic N) is 1. The van der Waals surface area contributed by atoms with Crippen LogP contribution in [0.3, 0.4) is 0 Å². The van der Waals surface area contributed by atoms with Crippen molar-refractivity contribution in [3.63, 3.8) is 0 Å². The van der Waals surface area contributed by atoms with Crippen LogP contribution < -0.4 is 0 Å². The second kappa shape index (κ2) is 7.69. The van der Waals surface area contributed by atoms with Gasteiger partial charge in [-0.2, -0.15) is 0 Å². The zero-order valence-electron chi connectivity index (χ0n) is 13.5. The molecule has 0 saturated carbocycles. The van der Waals surface area contributed by atoms with Crippen LogP contribution >= 0.6 is 0 Å². The summed E-state index contributed by atoms with van der Waals surface area (Å²) in [6.07, 6.45) is 7.03. The molecule has 1 unspecified atom stereocenters. The minimum atomic E-state index is 0.826. The van der Waals surface area contributed by atoms with Crippen molar-refractivity contribution in [2.75, 3.05) is 19.6 Å². The molecule has 1 heteroatoms. The van der Waals surface area contributed by atoms with Crippen molar-refractivity contribution in [3.8, 4) is 0 Å². The highest BCUT2D eigenvalue weighted by molar-refractivity contribution is 5.33. The van der Waals surface area contributed by atoms with E-state index in [1.807, 2.05) is 6.08 Å². The van der Waals surface area contributed by atoms with Gasteiger partial charge in [0.25, 0.3) is 0 Å². The first-order valence-electron chi connectivity index (χ1n) is 7.61. The van der Waals surface area contributed by atoms with Crippen molar-refractivity contribution >= 4 is 0 Å². The van der Waals surface area contributed by atoms with Gasteiger partial charge >= 0.3 is 0 Å². The number of rotatable bonds is 6. The number of allylic oxidation sites excluding steroid dienone is 3. The molecule has 108 valence electrons. The van der Waals surface area contributed by atoms with Gasteiger partial charge in [0.1, 0.15) is 0 Å². The third-order valence-electron chi connectivity index (χ3n) is 3.83. The molecule has 0 bridgehead atoms. The van der Waals surface area contributed by atoms with Crippen molar-refractivity contribution in [3.05, 3.63) is 35.5 Å². The molecule has 0 aromatic carbocycles. The van der Waals surface area contributed by atoms with E-state index in [2.05, 4.69) is 52.2 Å². The molecular weight excluding hydrogens is 230 g/mol. The average molecular weight is 261 g/mol. The molecule has 19 heavy (non-hydrogen) atoms. The average Bonchev–Trinajstić information content (AvgIpc) is 2.71. The molecule has 1 nitrogen and oxygen atoms in total. The van der Waals surface area contributed by atoms with Crippen LogP contribution in [-0.4, -0.2) is 24.5 Å². The highest BCUT2D eigenvalue weighted by Gasteiger charge is 2.23. The Morgan fingerprint density at radius 1 is 1.32 bits per heavy atom. The van der Waals surface area contributed by atoms with Gasteiger partial charge in [-0.15, -0.1) is 0 Å².